The van der Waals surface area contributed by atoms with Gasteiger partial charge in [-0.25, -0.2) is 0 Å². The highest BCUT2D eigenvalue weighted by Crippen LogP contribution is 2.42. The van der Waals surface area contributed by atoms with E-state index in [1.165, 1.54) is 16.2 Å². The Labute approximate surface area is 132 Å². The van der Waals surface area contributed by atoms with E-state index < -0.39 is 0 Å². The number of aryl methyl sites for hydroxylation is 1. The molecule has 0 aromatic carbocycles. The molecule has 3 nitrogen and oxygen atoms in total. The summed E-state index contributed by atoms with van der Waals surface area (Å²) in [4.78, 5) is 2.89. The second kappa shape index (κ2) is 6.78. The molecular formula is C17H27NO2S. The number of hydrogen-bond donors (Lipinski definition) is 1. The Kier molecular flexibility index (Phi) is 4.99. The van der Waals surface area contributed by atoms with Crippen LogP contribution in [0, 0.1) is 12.8 Å². The third kappa shape index (κ3) is 3.50. The molecule has 2 aliphatic heterocycles. The zero-order valence-corrected chi connectivity index (χ0v) is 14.0. The maximum atomic E-state index is 6.10. The molecule has 4 heteroatoms. The highest BCUT2D eigenvalue weighted by molar-refractivity contribution is 7.12. The molecule has 2 fully saturated rings. The molecule has 3 atom stereocenters. The maximum Gasteiger partial charge on any atom is 0.0940 e. The van der Waals surface area contributed by atoms with Crippen LogP contribution in [-0.2, 0) is 9.47 Å². The normalized spacial score (nSPS) is 30.9. The Morgan fingerprint density at radius 1 is 1.43 bits per heavy atom. The summed E-state index contributed by atoms with van der Waals surface area (Å²) in [5.74, 6) is 0.657. The number of ether oxygens (including phenoxy) is 2. The van der Waals surface area contributed by atoms with E-state index in [1.54, 1.807) is 0 Å². The van der Waals surface area contributed by atoms with Crippen molar-refractivity contribution in [2.45, 2.75) is 51.2 Å². The van der Waals surface area contributed by atoms with E-state index in [4.69, 9.17) is 9.47 Å². The van der Waals surface area contributed by atoms with Gasteiger partial charge in [0.15, 0.2) is 0 Å². The van der Waals surface area contributed by atoms with E-state index in [2.05, 4.69) is 31.3 Å². The van der Waals surface area contributed by atoms with Gasteiger partial charge in [-0.15, -0.1) is 11.3 Å². The van der Waals surface area contributed by atoms with Crippen LogP contribution in [0.3, 0.4) is 0 Å². The fraction of sp³-hybridized carbons (Fsp3) is 0.765. The average Bonchev–Trinajstić information content (AvgIpc) is 3.10. The second-order valence-electron chi connectivity index (χ2n) is 6.47. The van der Waals surface area contributed by atoms with Crippen LogP contribution in [0.15, 0.2) is 12.1 Å². The van der Waals surface area contributed by atoms with Crippen LogP contribution in [0.2, 0.25) is 0 Å². The fourth-order valence-corrected chi connectivity index (χ4v) is 4.68. The summed E-state index contributed by atoms with van der Waals surface area (Å²) in [6, 6.07) is 5.03. The minimum Gasteiger partial charge on any atom is -0.378 e. The van der Waals surface area contributed by atoms with Crippen molar-refractivity contribution >= 4 is 11.3 Å². The van der Waals surface area contributed by atoms with Crippen molar-refractivity contribution in [1.29, 1.82) is 0 Å². The Hall–Kier alpha value is -0.420. The van der Waals surface area contributed by atoms with Gasteiger partial charge < -0.3 is 14.8 Å². The SMILES string of the molecule is CCCNC(c1ccc(C)s1)C1CCOC2(CCOC2)C1. The molecule has 118 valence electrons. The molecule has 1 spiro atoms. The molecule has 0 radical (unpaired) electrons. The largest absolute Gasteiger partial charge is 0.378 e. The third-order valence-electron chi connectivity index (χ3n) is 4.75. The average molecular weight is 309 g/mol. The highest BCUT2D eigenvalue weighted by Gasteiger charge is 2.43. The summed E-state index contributed by atoms with van der Waals surface area (Å²) in [7, 11) is 0. The molecule has 0 saturated carbocycles. The smallest absolute Gasteiger partial charge is 0.0940 e. The van der Waals surface area contributed by atoms with Crippen molar-refractivity contribution in [3.05, 3.63) is 21.9 Å². The molecule has 21 heavy (non-hydrogen) atoms. The van der Waals surface area contributed by atoms with E-state index in [0.29, 0.717) is 12.0 Å². The van der Waals surface area contributed by atoms with Gasteiger partial charge in [0, 0.05) is 35.4 Å². The second-order valence-corrected chi connectivity index (χ2v) is 7.79. The number of hydrogen-bond acceptors (Lipinski definition) is 4. The van der Waals surface area contributed by atoms with E-state index in [0.717, 1.165) is 45.6 Å². The first-order valence-electron chi connectivity index (χ1n) is 8.24. The van der Waals surface area contributed by atoms with Gasteiger partial charge in [0.05, 0.1) is 12.2 Å². The van der Waals surface area contributed by atoms with Crippen molar-refractivity contribution in [2.24, 2.45) is 5.92 Å². The molecule has 3 heterocycles. The number of thiophene rings is 1. The minimum atomic E-state index is 0.00135. The molecule has 0 bridgehead atoms. The van der Waals surface area contributed by atoms with Crippen LogP contribution in [-0.4, -0.2) is 32.0 Å². The van der Waals surface area contributed by atoms with Gasteiger partial charge in [0.1, 0.15) is 0 Å². The summed E-state index contributed by atoms with van der Waals surface area (Å²) in [6.45, 7) is 8.04. The van der Waals surface area contributed by atoms with E-state index >= 15 is 0 Å². The standard InChI is InChI=1S/C17H27NO2S/c1-3-8-18-16(15-5-4-13(2)21-15)14-6-9-20-17(11-14)7-10-19-12-17/h4-5,14,16,18H,3,6-12H2,1-2H3. The van der Waals surface area contributed by atoms with Gasteiger partial charge in [-0.3, -0.25) is 0 Å². The van der Waals surface area contributed by atoms with Crippen LogP contribution >= 0.6 is 11.3 Å². The quantitative estimate of drug-likeness (QED) is 0.900. The topological polar surface area (TPSA) is 30.5 Å². The van der Waals surface area contributed by atoms with Crippen LogP contribution in [0.4, 0.5) is 0 Å². The van der Waals surface area contributed by atoms with Gasteiger partial charge in [0.2, 0.25) is 0 Å². The van der Waals surface area contributed by atoms with Gasteiger partial charge in [-0.1, -0.05) is 6.92 Å². The summed E-state index contributed by atoms with van der Waals surface area (Å²) >= 11 is 1.94. The van der Waals surface area contributed by atoms with E-state index in [1.807, 2.05) is 11.3 Å². The van der Waals surface area contributed by atoms with Gasteiger partial charge in [0.25, 0.3) is 0 Å². The summed E-state index contributed by atoms with van der Waals surface area (Å²) in [6.07, 6.45) is 4.53. The first-order valence-corrected chi connectivity index (χ1v) is 9.05. The fourth-order valence-electron chi connectivity index (χ4n) is 3.63. The van der Waals surface area contributed by atoms with Crippen LogP contribution < -0.4 is 5.32 Å². The monoisotopic (exact) mass is 309 g/mol. The molecule has 1 N–H and O–H groups in total. The molecule has 0 aliphatic carbocycles. The summed E-state index contributed by atoms with van der Waals surface area (Å²) in [5, 5.41) is 3.79. The molecule has 2 aliphatic rings. The van der Waals surface area contributed by atoms with E-state index in [-0.39, 0.29) is 5.60 Å². The summed E-state index contributed by atoms with van der Waals surface area (Å²) in [5.41, 5.74) is 0.00135. The molecule has 3 unspecified atom stereocenters. The zero-order valence-electron chi connectivity index (χ0n) is 13.2. The highest BCUT2D eigenvalue weighted by atomic mass is 32.1. The van der Waals surface area contributed by atoms with Crippen LogP contribution in [0.1, 0.15) is 48.4 Å². The Morgan fingerprint density at radius 2 is 2.33 bits per heavy atom. The van der Waals surface area contributed by atoms with Crippen molar-refractivity contribution in [3.8, 4) is 0 Å². The number of rotatable bonds is 5. The first-order chi connectivity index (χ1) is 10.2. The van der Waals surface area contributed by atoms with Gasteiger partial charge in [-0.2, -0.15) is 0 Å². The zero-order chi connectivity index (χ0) is 14.7. The van der Waals surface area contributed by atoms with Crippen LogP contribution in [0.5, 0.6) is 0 Å². The lowest BCUT2D eigenvalue weighted by atomic mass is 9.80. The maximum absolute atomic E-state index is 6.10. The Balaban J connectivity index is 1.75. The molecular weight excluding hydrogens is 282 g/mol. The molecule has 1 aromatic rings. The third-order valence-corrected chi connectivity index (χ3v) is 5.84. The Morgan fingerprint density at radius 3 is 3.00 bits per heavy atom. The number of nitrogens with one attached hydrogen (secondary N) is 1. The molecule has 1 aromatic heterocycles. The van der Waals surface area contributed by atoms with Crippen LogP contribution in [0.25, 0.3) is 0 Å². The lowest BCUT2D eigenvalue weighted by Gasteiger charge is -2.40. The predicted octanol–water partition coefficient (Wildman–Crippen LogP) is 3.68. The molecule has 0 amide bonds. The molecule has 2 saturated heterocycles. The lowest BCUT2D eigenvalue weighted by molar-refractivity contribution is -0.103. The minimum absolute atomic E-state index is 0.00135. The van der Waals surface area contributed by atoms with E-state index in [9.17, 15) is 0 Å². The first kappa shape index (κ1) is 15.5. The van der Waals surface area contributed by atoms with Gasteiger partial charge in [-0.05, 0) is 50.8 Å². The van der Waals surface area contributed by atoms with Gasteiger partial charge >= 0.3 is 0 Å². The Bertz CT molecular complexity index is 453. The predicted molar refractivity (Wildman–Crippen MR) is 86.9 cm³/mol. The van der Waals surface area contributed by atoms with Crippen molar-refractivity contribution in [2.75, 3.05) is 26.4 Å². The van der Waals surface area contributed by atoms with Crippen molar-refractivity contribution in [1.82, 2.24) is 5.32 Å². The summed E-state index contributed by atoms with van der Waals surface area (Å²) < 4.78 is 11.7. The lowest BCUT2D eigenvalue weighted by Crippen LogP contribution is -2.44. The molecule has 3 rings (SSSR count). The van der Waals surface area contributed by atoms with Crippen molar-refractivity contribution < 1.29 is 9.47 Å². The van der Waals surface area contributed by atoms with Crippen molar-refractivity contribution in [3.63, 3.8) is 0 Å².